The van der Waals surface area contributed by atoms with E-state index in [0.29, 0.717) is 16.8 Å². The minimum atomic E-state index is -0.504. The van der Waals surface area contributed by atoms with Crippen molar-refractivity contribution in [3.05, 3.63) is 76.5 Å². The number of esters is 1. The second kappa shape index (κ2) is 7.31. The number of aromatic nitrogens is 2. The molecule has 2 aromatic carbocycles. The molecular formula is C18H14BrN3O3. The molecule has 0 saturated heterocycles. The van der Waals surface area contributed by atoms with Crippen LogP contribution in [0.2, 0.25) is 0 Å². The Bertz CT molecular complexity index is 919. The van der Waals surface area contributed by atoms with Crippen LogP contribution in [0.3, 0.4) is 0 Å². The Morgan fingerprint density at radius 3 is 2.48 bits per heavy atom. The standard InChI is InChI=1S/C18H14BrN3O3/c1-25-18(24)15-4-2-3-5-16(15)21-17(23)12-6-8-14(9-7-12)22-11-13(19)10-20-22/h2-11H,1H3,(H,21,23). The first-order valence-corrected chi connectivity index (χ1v) is 8.17. The van der Waals surface area contributed by atoms with Crippen LogP contribution in [0.15, 0.2) is 65.4 Å². The normalized spacial score (nSPS) is 10.3. The Kier molecular flexibility index (Phi) is 4.95. The van der Waals surface area contributed by atoms with Crippen LogP contribution in [0.4, 0.5) is 5.69 Å². The number of methoxy groups -OCH3 is 1. The number of rotatable bonds is 4. The molecule has 1 N–H and O–H groups in total. The summed E-state index contributed by atoms with van der Waals surface area (Å²) >= 11 is 3.34. The monoisotopic (exact) mass is 399 g/mol. The zero-order valence-electron chi connectivity index (χ0n) is 13.3. The lowest BCUT2D eigenvalue weighted by atomic mass is 10.1. The van der Waals surface area contributed by atoms with E-state index in [0.717, 1.165) is 10.2 Å². The zero-order valence-corrected chi connectivity index (χ0v) is 14.9. The van der Waals surface area contributed by atoms with Crippen molar-refractivity contribution < 1.29 is 14.3 Å². The van der Waals surface area contributed by atoms with E-state index in [1.165, 1.54) is 7.11 Å². The number of nitrogens with one attached hydrogen (secondary N) is 1. The van der Waals surface area contributed by atoms with Crippen molar-refractivity contribution in [2.75, 3.05) is 12.4 Å². The third-order valence-electron chi connectivity index (χ3n) is 3.53. The van der Waals surface area contributed by atoms with Gasteiger partial charge in [-0.15, -0.1) is 0 Å². The molecule has 1 amide bonds. The van der Waals surface area contributed by atoms with E-state index in [1.807, 2.05) is 6.20 Å². The topological polar surface area (TPSA) is 73.2 Å². The number of amides is 1. The molecule has 3 rings (SSSR count). The molecule has 1 aromatic heterocycles. The smallest absolute Gasteiger partial charge is 0.339 e. The van der Waals surface area contributed by atoms with Gasteiger partial charge in [0.05, 0.1) is 34.7 Å². The van der Waals surface area contributed by atoms with Crippen LogP contribution in [0.5, 0.6) is 0 Å². The molecule has 0 spiro atoms. The van der Waals surface area contributed by atoms with E-state index in [2.05, 4.69) is 26.3 Å². The molecule has 0 radical (unpaired) electrons. The number of nitrogens with zero attached hydrogens (tertiary/aromatic N) is 2. The highest BCUT2D eigenvalue weighted by atomic mass is 79.9. The summed E-state index contributed by atoms with van der Waals surface area (Å²) in [5, 5.41) is 6.92. The van der Waals surface area contributed by atoms with Crippen molar-refractivity contribution in [3.8, 4) is 5.69 Å². The molecule has 0 atom stereocenters. The van der Waals surface area contributed by atoms with E-state index in [1.54, 1.807) is 59.4 Å². The summed E-state index contributed by atoms with van der Waals surface area (Å²) in [6.45, 7) is 0. The minimum Gasteiger partial charge on any atom is -0.465 e. The van der Waals surface area contributed by atoms with E-state index < -0.39 is 5.97 Å². The number of halogens is 1. The van der Waals surface area contributed by atoms with E-state index in [-0.39, 0.29) is 5.91 Å². The molecule has 0 aliphatic heterocycles. The van der Waals surface area contributed by atoms with Crippen molar-refractivity contribution in [2.24, 2.45) is 0 Å². The van der Waals surface area contributed by atoms with Gasteiger partial charge in [0.25, 0.3) is 5.91 Å². The second-order valence-corrected chi connectivity index (χ2v) is 6.06. The highest BCUT2D eigenvalue weighted by Crippen LogP contribution is 2.18. The first-order valence-electron chi connectivity index (χ1n) is 7.38. The van der Waals surface area contributed by atoms with Gasteiger partial charge in [0.15, 0.2) is 0 Å². The van der Waals surface area contributed by atoms with Crippen LogP contribution >= 0.6 is 15.9 Å². The largest absolute Gasteiger partial charge is 0.465 e. The molecule has 25 heavy (non-hydrogen) atoms. The number of carbonyl (C=O) groups excluding carboxylic acids is 2. The third kappa shape index (κ3) is 3.77. The molecule has 1 heterocycles. The third-order valence-corrected chi connectivity index (χ3v) is 3.94. The lowest BCUT2D eigenvalue weighted by molar-refractivity contribution is 0.0602. The minimum absolute atomic E-state index is 0.302. The Balaban J connectivity index is 1.79. The molecule has 3 aromatic rings. The number of benzene rings is 2. The number of hydrogen-bond acceptors (Lipinski definition) is 4. The summed E-state index contributed by atoms with van der Waals surface area (Å²) < 4.78 is 7.29. The van der Waals surface area contributed by atoms with Gasteiger partial charge in [-0.3, -0.25) is 4.79 Å². The average molecular weight is 400 g/mol. The van der Waals surface area contributed by atoms with Crippen LogP contribution in [-0.2, 0) is 4.74 Å². The number of para-hydroxylation sites is 1. The fraction of sp³-hybridized carbons (Fsp3) is 0.0556. The summed E-state index contributed by atoms with van der Waals surface area (Å²) in [7, 11) is 1.30. The lowest BCUT2D eigenvalue weighted by Crippen LogP contribution is -2.15. The molecule has 0 unspecified atom stereocenters. The van der Waals surface area contributed by atoms with E-state index in [9.17, 15) is 9.59 Å². The first-order chi connectivity index (χ1) is 12.1. The maximum Gasteiger partial charge on any atom is 0.339 e. The van der Waals surface area contributed by atoms with Crippen LogP contribution in [0.25, 0.3) is 5.69 Å². The quantitative estimate of drug-likeness (QED) is 0.679. The van der Waals surface area contributed by atoms with Gasteiger partial charge in [-0.1, -0.05) is 12.1 Å². The average Bonchev–Trinajstić information content (AvgIpc) is 3.08. The Hall–Kier alpha value is -2.93. The predicted octanol–water partition coefficient (Wildman–Crippen LogP) is 3.67. The van der Waals surface area contributed by atoms with Gasteiger partial charge in [0.2, 0.25) is 0 Å². The van der Waals surface area contributed by atoms with Gasteiger partial charge >= 0.3 is 5.97 Å². The molecule has 0 aliphatic rings. The molecule has 6 nitrogen and oxygen atoms in total. The number of hydrogen-bond donors (Lipinski definition) is 1. The molecule has 0 bridgehead atoms. The van der Waals surface area contributed by atoms with E-state index in [4.69, 9.17) is 4.74 Å². The van der Waals surface area contributed by atoms with Crippen LogP contribution in [0.1, 0.15) is 20.7 Å². The number of anilines is 1. The van der Waals surface area contributed by atoms with Crippen LogP contribution < -0.4 is 5.32 Å². The van der Waals surface area contributed by atoms with Gasteiger partial charge in [-0.2, -0.15) is 5.10 Å². The van der Waals surface area contributed by atoms with Crippen molar-refractivity contribution in [3.63, 3.8) is 0 Å². The summed E-state index contributed by atoms with van der Waals surface area (Å²) in [5.41, 5.74) is 2.00. The fourth-order valence-electron chi connectivity index (χ4n) is 2.28. The van der Waals surface area contributed by atoms with E-state index >= 15 is 0 Å². The summed E-state index contributed by atoms with van der Waals surface area (Å²) in [5.74, 6) is -0.819. The molecule has 126 valence electrons. The highest BCUT2D eigenvalue weighted by Gasteiger charge is 2.14. The lowest BCUT2D eigenvalue weighted by Gasteiger charge is -2.10. The summed E-state index contributed by atoms with van der Waals surface area (Å²) in [6.07, 6.45) is 3.51. The molecule has 0 fully saturated rings. The molecule has 0 saturated carbocycles. The molecule has 0 aliphatic carbocycles. The van der Waals surface area contributed by atoms with Crippen LogP contribution in [-0.4, -0.2) is 28.8 Å². The second-order valence-electron chi connectivity index (χ2n) is 5.14. The van der Waals surface area contributed by atoms with Crippen molar-refractivity contribution >= 4 is 33.5 Å². The SMILES string of the molecule is COC(=O)c1ccccc1NC(=O)c1ccc(-n2cc(Br)cn2)cc1. The Labute approximate surface area is 152 Å². The van der Waals surface area contributed by atoms with Crippen molar-refractivity contribution in [1.29, 1.82) is 0 Å². The Morgan fingerprint density at radius 1 is 1.12 bits per heavy atom. The van der Waals surface area contributed by atoms with Crippen LogP contribution in [0, 0.1) is 0 Å². The predicted molar refractivity (Wildman–Crippen MR) is 97.0 cm³/mol. The number of carbonyl (C=O) groups is 2. The van der Waals surface area contributed by atoms with Crippen molar-refractivity contribution in [2.45, 2.75) is 0 Å². The molecular weight excluding hydrogens is 386 g/mol. The first kappa shape index (κ1) is 16.9. The van der Waals surface area contributed by atoms with Gasteiger partial charge < -0.3 is 10.1 Å². The summed E-state index contributed by atoms with van der Waals surface area (Å²) in [6, 6.07) is 13.7. The van der Waals surface area contributed by atoms with Gasteiger partial charge in [-0.25, -0.2) is 9.48 Å². The maximum absolute atomic E-state index is 12.4. The fourth-order valence-corrected chi connectivity index (χ4v) is 2.57. The van der Waals surface area contributed by atoms with Crippen molar-refractivity contribution in [1.82, 2.24) is 9.78 Å². The van der Waals surface area contributed by atoms with Gasteiger partial charge in [0.1, 0.15) is 0 Å². The highest BCUT2D eigenvalue weighted by molar-refractivity contribution is 9.10. The number of ether oxygens (including phenoxy) is 1. The van der Waals surface area contributed by atoms with Gasteiger partial charge in [-0.05, 0) is 52.3 Å². The van der Waals surface area contributed by atoms with Gasteiger partial charge in [0, 0.05) is 11.8 Å². The zero-order chi connectivity index (χ0) is 17.8. The summed E-state index contributed by atoms with van der Waals surface area (Å²) in [4.78, 5) is 24.2. The maximum atomic E-state index is 12.4. The Morgan fingerprint density at radius 2 is 1.84 bits per heavy atom. The molecule has 7 heteroatoms.